The first kappa shape index (κ1) is 18.6. The van der Waals surface area contributed by atoms with Gasteiger partial charge in [-0.15, -0.1) is 0 Å². The molecule has 2 atom stereocenters. The molecule has 144 valence electrons. The van der Waals surface area contributed by atoms with Gasteiger partial charge in [-0.25, -0.2) is 10.3 Å². The number of hydrogen-bond acceptors (Lipinski definition) is 5. The monoisotopic (exact) mass is 371 g/mol. The number of nitrogens with zero attached hydrogens (tertiary/aromatic N) is 4. The van der Waals surface area contributed by atoms with E-state index < -0.39 is 12.0 Å². The minimum atomic E-state index is -0.527. The number of hydrogen-bond donors (Lipinski definition) is 1. The van der Waals surface area contributed by atoms with Crippen LogP contribution in [0, 0.1) is 0 Å². The first-order valence-electron chi connectivity index (χ1n) is 8.72. The number of carbonyl (C=O) groups is 2. The molecule has 0 spiro atoms. The molecule has 8 nitrogen and oxygen atoms in total. The Kier molecular flexibility index (Phi) is 5.25. The minimum absolute atomic E-state index is 0. The average Bonchev–Trinajstić information content (AvgIpc) is 3.06. The summed E-state index contributed by atoms with van der Waals surface area (Å²) in [6.07, 6.45) is 1.81. The van der Waals surface area contributed by atoms with Gasteiger partial charge in [-0.3, -0.25) is 14.5 Å². The van der Waals surface area contributed by atoms with Crippen LogP contribution in [0.25, 0.3) is 0 Å². The average molecular weight is 371 g/mol. The highest BCUT2D eigenvalue weighted by Gasteiger charge is 2.39. The summed E-state index contributed by atoms with van der Waals surface area (Å²) in [4.78, 5) is 35.7. The Bertz CT molecular complexity index is 881. The smallest absolute Gasteiger partial charge is 0.337 e. The number of aromatic nitrogens is 2. The molecule has 0 saturated heterocycles. The molecule has 0 fully saturated rings. The Labute approximate surface area is 159 Å². The molecule has 0 aliphatic carbocycles. The number of carbonyl (C=O) groups excluding carboxylic acids is 2. The number of aliphatic imine (C=N–C) groups is 1. The Morgan fingerprint density at radius 3 is 2.67 bits per heavy atom. The van der Waals surface area contributed by atoms with Crippen molar-refractivity contribution in [2.75, 3.05) is 13.6 Å². The SMILES string of the molecule is CN=C(NOC(=O)c1ccccc1)C1c2c(cnn2C)[C@@H](C)CN1C(C)=O.[HH]. The molecular weight excluding hydrogens is 346 g/mol. The van der Waals surface area contributed by atoms with Crippen LogP contribution in [-0.4, -0.2) is 46.0 Å². The fourth-order valence-corrected chi connectivity index (χ4v) is 3.37. The lowest BCUT2D eigenvalue weighted by atomic mass is 9.91. The molecule has 0 saturated carbocycles. The number of benzene rings is 1. The third kappa shape index (κ3) is 3.55. The highest BCUT2D eigenvalue weighted by atomic mass is 16.7. The van der Waals surface area contributed by atoms with Crippen LogP contribution in [-0.2, 0) is 16.7 Å². The van der Waals surface area contributed by atoms with Crippen LogP contribution in [0.4, 0.5) is 0 Å². The van der Waals surface area contributed by atoms with Gasteiger partial charge in [-0.2, -0.15) is 5.10 Å². The van der Waals surface area contributed by atoms with E-state index in [4.69, 9.17) is 4.84 Å². The van der Waals surface area contributed by atoms with Gasteiger partial charge in [-0.1, -0.05) is 25.1 Å². The number of amidine groups is 1. The summed E-state index contributed by atoms with van der Waals surface area (Å²) in [6, 6.07) is 8.16. The molecule has 2 heterocycles. The molecule has 1 amide bonds. The van der Waals surface area contributed by atoms with Gasteiger partial charge in [0.2, 0.25) is 5.91 Å². The van der Waals surface area contributed by atoms with Crippen molar-refractivity contribution in [1.82, 2.24) is 20.2 Å². The number of aryl methyl sites for hydroxylation is 1. The second kappa shape index (κ2) is 7.61. The van der Waals surface area contributed by atoms with Gasteiger partial charge in [0, 0.05) is 40.5 Å². The highest BCUT2D eigenvalue weighted by molar-refractivity contribution is 5.94. The highest BCUT2D eigenvalue weighted by Crippen LogP contribution is 2.36. The van der Waals surface area contributed by atoms with Gasteiger partial charge in [0.1, 0.15) is 6.04 Å². The van der Waals surface area contributed by atoms with Crippen LogP contribution in [0.15, 0.2) is 41.5 Å². The first-order valence-corrected chi connectivity index (χ1v) is 8.72. The molecule has 1 aromatic heterocycles. The Morgan fingerprint density at radius 1 is 1.33 bits per heavy atom. The molecule has 2 aromatic rings. The molecule has 1 N–H and O–H groups in total. The van der Waals surface area contributed by atoms with Gasteiger partial charge in [0.15, 0.2) is 5.84 Å². The molecule has 0 bridgehead atoms. The van der Waals surface area contributed by atoms with Crippen molar-refractivity contribution < 1.29 is 15.9 Å². The zero-order valence-electron chi connectivity index (χ0n) is 15.8. The zero-order chi connectivity index (χ0) is 19.6. The molecule has 27 heavy (non-hydrogen) atoms. The van der Waals surface area contributed by atoms with Gasteiger partial charge in [0.25, 0.3) is 0 Å². The molecule has 3 rings (SSSR count). The number of rotatable bonds is 2. The van der Waals surface area contributed by atoms with Crippen molar-refractivity contribution >= 4 is 17.7 Å². The van der Waals surface area contributed by atoms with Gasteiger partial charge >= 0.3 is 5.97 Å². The van der Waals surface area contributed by atoms with E-state index >= 15 is 0 Å². The van der Waals surface area contributed by atoms with Crippen molar-refractivity contribution in [2.45, 2.75) is 25.8 Å². The van der Waals surface area contributed by atoms with E-state index in [2.05, 4.69) is 22.5 Å². The van der Waals surface area contributed by atoms with Crippen molar-refractivity contribution in [3.8, 4) is 0 Å². The van der Waals surface area contributed by atoms with E-state index in [1.54, 1.807) is 40.9 Å². The fourth-order valence-electron chi connectivity index (χ4n) is 3.37. The second-order valence-corrected chi connectivity index (χ2v) is 6.55. The lowest BCUT2D eigenvalue weighted by Crippen LogP contribution is -2.48. The predicted octanol–water partition coefficient (Wildman–Crippen LogP) is 2.06. The standard InChI is InChI=1S/C19H23N5O3.H2/c1-12-11-24(13(2)25)17(16-15(12)10-21-23(16)4)18(20-3)22-27-19(26)14-8-6-5-7-9-14;/h5-10,12,17H,11H2,1-4H3,(H,20,22);1H/t12-,17?;/m0./s1. The summed E-state index contributed by atoms with van der Waals surface area (Å²) < 4.78 is 1.73. The quantitative estimate of drug-likeness (QED) is 0.496. The third-order valence-corrected chi connectivity index (χ3v) is 4.75. The maximum Gasteiger partial charge on any atom is 0.362 e. The second-order valence-electron chi connectivity index (χ2n) is 6.55. The molecule has 1 aromatic carbocycles. The summed E-state index contributed by atoms with van der Waals surface area (Å²) in [5.74, 6) is -0.0957. The van der Waals surface area contributed by atoms with E-state index in [0.29, 0.717) is 17.9 Å². The van der Waals surface area contributed by atoms with E-state index in [-0.39, 0.29) is 13.3 Å². The first-order chi connectivity index (χ1) is 12.9. The normalized spacial score (nSPS) is 19.4. The summed E-state index contributed by atoms with van der Waals surface area (Å²) in [5.41, 5.74) is 4.99. The molecular formula is C19H25N5O3. The minimum Gasteiger partial charge on any atom is -0.337 e. The van der Waals surface area contributed by atoms with Gasteiger partial charge in [0.05, 0.1) is 17.5 Å². The topological polar surface area (TPSA) is 88.8 Å². The van der Waals surface area contributed by atoms with Crippen LogP contribution in [0.2, 0.25) is 0 Å². The van der Waals surface area contributed by atoms with E-state index in [1.807, 2.05) is 19.3 Å². The predicted molar refractivity (Wildman–Crippen MR) is 102 cm³/mol. The maximum atomic E-state index is 12.3. The summed E-state index contributed by atoms with van der Waals surface area (Å²) >= 11 is 0. The van der Waals surface area contributed by atoms with Gasteiger partial charge in [-0.05, 0) is 12.1 Å². The van der Waals surface area contributed by atoms with Crippen LogP contribution in [0.1, 0.15) is 48.8 Å². The third-order valence-electron chi connectivity index (χ3n) is 4.75. The summed E-state index contributed by atoms with van der Waals surface area (Å²) in [7, 11) is 3.41. The lowest BCUT2D eigenvalue weighted by Gasteiger charge is -2.38. The van der Waals surface area contributed by atoms with Crippen LogP contribution < -0.4 is 5.48 Å². The summed E-state index contributed by atoms with van der Waals surface area (Å²) in [5, 5.41) is 4.34. The molecule has 1 aliphatic rings. The van der Waals surface area contributed by atoms with Gasteiger partial charge < -0.3 is 9.74 Å². The van der Waals surface area contributed by atoms with Crippen molar-refractivity contribution in [1.29, 1.82) is 0 Å². The van der Waals surface area contributed by atoms with E-state index in [1.165, 1.54) is 6.92 Å². The molecule has 1 aliphatic heterocycles. The van der Waals surface area contributed by atoms with E-state index in [9.17, 15) is 9.59 Å². The Balaban J connectivity index is 0.00000280. The number of nitrogens with one attached hydrogen (secondary N) is 1. The maximum absolute atomic E-state index is 12.3. The number of amides is 1. The molecule has 1 unspecified atom stereocenters. The van der Waals surface area contributed by atoms with Crippen LogP contribution in [0.5, 0.6) is 0 Å². The largest absolute Gasteiger partial charge is 0.362 e. The van der Waals surface area contributed by atoms with Crippen molar-refractivity contribution in [3.63, 3.8) is 0 Å². The lowest BCUT2D eigenvalue weighted by molar-refractivity contribution is -0.130. The Morgan fingerprint density at radius 2 is 2.04 bits per heavy atom. The van der Waals surface area contributed by atoms with Crippen molar-refractivity contribution in [3.05, 3.63) is 53.3 Å². The Hall–Kier alpha value is -3.16. The van der Waals surface area contributed by atoms with Crippen LogP contribution >= 0.6 is 0 Å². The zero-order valence-corrected chi connectivity index (χ0v) is 15.8. The molecule has 0 radical (unpaired) electrons. The van der Waals surface area contributed by atoms with Crippen molar-refractivity contribution in [2.24, 2.45) is 12.0 Å². The number of hydroxylamine groups is 1. The fraction of sp³-hybridized carbons (Fsp3) is 0.368. The summed E-state index contributed by atoms with van der Waals surface area (Å²) in [6.45, 7) is 4.11. The number of fused-ring (bicyclic) bond motifs is 1. The van der Waals surface area contributed by atoms with E-state index in [0.717, 1.165) is 11.3 Å². The van der Waals surface area contributed by atoms with Crippen LogP contribution in [0.3, 0.4) is 0 Å². The molecule has 8 heteroatoms.